The summed E-state index contributed by atoms with van der Waals surface area (Å²) >= 11 is 0. The predicted octanol–water partition coefficient (Wildman–Crippen LogP) is 4.28. The zero-order valence-corrected chi connectivity index (χ0v) is 11.4. The van der Waals surface area contributed by atoms with Crippen molar-refractivity contribution in [1.29, 1.82) is 5.26 Å². The zero-order valence-electron chi connectivity index (χ0n) is 11.4. The zero-order chi connectivity index (χ0) is 13.5. The van der Waals surface area contributed by atoms with Gasteiger partial charge in [0, 0.05) is 0 Å². The van der Waals surface area contributed by atoms with Gasteiger partial charge in [-0.05, 0) is 6.42 Å². The molecule has 5 heteroatoms. The SMILES string of the molecule is CCCCCCCCCCCCO[N+]([O-])=NC#N. The van der Waals surface area contributed by atoms with Crippen LogP contribution in [-0.2, 0) is 4.84 Å². The number of rotatable bonds is 12. The van der Waals surface area contributed by atoms with Gasteiger partial charge in [-0.15, -0.1) is 0 Å². The maximum absolute atomic E-state index is 10.6. The summed E-state index contributed by atoms with van der Waals surface area (Å²) in [6.07, 6.45) is 13.8. The van der Waals surface area contributed by atoms with Gasteiger partial charge in [-0.25, -0.2) is 5.21 Å². The van der Waals surface area contributed by atoms with E-state index in [-0.39, 0.29) is 5.02 Å². The van der Waals surface area contributed by atoms with Crippen LogP contribution in [-0.4, -0.2) is 11.6 Å². The molecule has 0 aliphatic rings. The minimum atomic E-state index is -0.0201. The van der Waals surface area contributed by atoms with Crippen molar-refractivity contribution in [2.45, 2.75) is 71.1 Å². The molecule has 0 saturated heterocycles. The van der Waals surface area contributed by atoms with Crippen molar-refractivity contribution in [3.63, 3.8) is 0 Å². The second-order valence-electron chi connectivity index (χ2n) is 4.45. The van der Waals surface area contributed by atoms with Crippen LogP contribution in [0.2, 0.25) is 0 Å². The van der Waals surface area contributed by atoms with E-state index in [9.17, 15) is 5.21 Å². The Kier molecular flexibility index (Phi) is 12.8. The van der Waals surface area contributed by atoms with Crippen molar-refractivity contribution in [1.82, 2.24) is 0 Å². The summed E-state index contributed by atoms with van der Waals surface area (Å²) in [6.45, 7) is 2.57. The highest BCUT2D eigenvalue weighted by atomic mass is 16.9. The van der Waals surface area contributed by atoms with Crippen molar-refractivity contribution in [3.8, 4) is 6.19 Å². The monoisotopic (exact) mass is 255 g/mol. The van der Waals surface area contributed by atoms with E-state index >= 15 is 0 Å². The van der Waals surface area contributed by atoms with E-state index in [0.717, 1.165) is 12.8 Å². The van der Waals surface area contributed by atoms with E-state index in [1.807, 2.05) is 0 Å². The second kappa shape index (κ2) is 13.8. The molecule has 0 aromatic carbocycles. The fourth-order valence-electron chi connectivity index (χ4n) is 1.80. The Morgan fingerprint density at radius 3 is 2.00 bits per heavy atom. The quantitative estimate of drug-likeness (QED) is 0.226. The maximum atomic E-state index is 10.6. The highest BCUT2D eigenvalue weighted by molar-refractivity contribution is 4.53. The van der Waals surface area contributed by atoms with Crippen molar-refractivity contribution in [2.24, 2.45) is 5.11 Å². The van der Waals surface area contributed by atoms with Crippen LogP contribution in [0.3, 0.4) is 0 Å². The lowest BCUT2D eigenvalue weighted by Gasteiger charge is -2.03. The van der Waals surface area contributed by atoms with Gasteiger partial charge >= 0.3 is 0 Å². The van der Waals surface area contributed by atoms with Gasteiger partial charge in [-0.2, -0.15) is 5.26 Å². The van der Waals surface area contributed by atoms with Gasteiger partial charge in [0.05, 0.1) is 6.61 Å². The molecule has 0 aliphatic heterocycles. The Morgan fingerprint density at radius 1 is 1.00 bits per heavy atom. The summed E-state index contributed by atoms with van der Waals surface area (Å²) in [7, 11) is 0. The van der Waals surface area contributed by atoms with Gasteiger partial charge in [-0.3, -0.25) is 0 Å². The highest BCUT2D eigenvalue weighted by Crippen LogP contribution is 2.10. The summed E-state index contributed by atoms with van der Waals surface area (Å²) in [6, 6.07) is 0. The third-order valence-electron chi connectivity index (χ3n) is 2.83. The van der Waals surface area contributed by atoms with Crippen LogP contribution in [0.15, 0.2) is 5.11 Å². The number of hydrogen-bond acceptors (Lipinski definition) is 4. The molecule has 18 heavy (non-hydrogen) atoms. The van der Waals surface area contributed by atoms with Crippen LogP contribution in [0.4, 0.5) is 0 Å². The van der Waals surface area contributed by atoms with E-state index in [4.69, 9.17) is 5.26 Å². The summed E-state index contributed by atoms with van der Waals surface area (Å²) < 4.78 is 0. The summed E-state index contributed by atoms with van der Waals surface area (Å²) in [5.41, 5.74) is 0. The minimum Gasteiger partial charge on any atom is -0.380 e. The fourth-order valence-corrected chi connectivity index (χ4v) is 1.80. The van der Waals surface area contributed by atoms with Gasteiger partial charge < -0.3 is 4.84 Å². The third-order valence-corrected chi connectivity index (χ3v) is 2.83. The molecular formula is C13H25N3O2. The lowest BCUT2D eigenvalue weighted by molar-refractivity contribution is -0.787. The van der Waals surface area contributed by atoms with Crippen LogP contribution < -0.4 is 0 Å². The van der Waals surface area contributed by atoms with E-state index in [1.54, 1.807) is 0 Å². The molecule has 0 spiro atoms. The normalized spacial score (nSPS) is 11.2. The van der Waals surface area contributed by atoms with Crippen LogP contribution in [0.5, 0.6) is 0 Å². The lowest BCUT2D eigenvalue weighted by atomic mass is 10.1. The molecule has 0 aromatic rings. The first-order chi connectivity index (χ1) is 8.81. The predicted molar refractivity (Wildman–Crippen MR) is 69.5 cm³/mol. The number of nitriles is 1. The van der Waals surface area contributed by atoms with E-state index in [0.29, 0.717) is 6.61 Å². The molecule has 0 N–H and O–H groups in total. The van der Waals surface area contributed by atoms with Crippen molar-refractivity contribution in [3.05, 3.63) is 5.21 Å². The first-order valence-electron chi connectivity index (χ1n) is 7.01. The average molecular weight is 255 g/mol. The molecule has 0 rings (SSSR count). The molecule has 0 saturated carbocycles. The van der Waals surface area contributed by atoms with Gasteiger partial charge in [0.25, 0.3) is 6.19 Å². The van der Waals surface area contributed by atoms with Crippen LogP contribution in [0.25, 0.3) is 0 Å². The van der Waals surface area contributed by atoms with E-state index < -0.39 is 0 Å². The summed E-state index contributed by atoms with van der Waals surface area (Å²) in [4.78, 5) is 4.64. The summed E-state index contributed by atoms with van der Waals surface area (Å²) in [5, 5.41) is 21.5. The molecule has 0 aromatic heterocycles. The largest absolute Gasteiger partial charge is 0.380 e. The van der Waals surface area contributed by atoms with E-state index in [1.165, 1.54) is 57.6 Å². The molecule has 0 aliphatic carbocycles. The summed E-state index contributed by atoms with van der Waals surface area (Å²) in [5.74, 6) is 0. The number of nitrogens with zero attached hydrogens (tertiary/aromatic N) is 3. The molecule has 104 valence electrons. The second-order valence-corrected chi connectivity index (χ2v) is 4.45. The lowest BCUT2D eigenvalue weighted by Crippen LogP contribution is -2.03. The topological polar surface area (TPSA) is 71.4 Å². The molecule has 0 bridgehead atoms. The van der Waals surface area contributed by atoms with E-state index in [2.05, 4.69) is 16.9 Å². The van der Waals surface area contributed by atoms with Gasteiger partial charge in [0.1, 0.15) is 5.11 Å². The van der Waals surface area contributed by atoms with Crippen molar-refractivity contribution in [2.75, 3.05) is 6.61 Å². The standard InChI is InChI=1S/C13H25N3O2/c1-2-3-4-5-6-7-8-9-10-11-12-18-16(17)15-13-14/h2-12H2,1H3. The molecular weight excluding hydrogens is 230 g/mol. The molecule has 0 unspecified atom stereocenters. The molecule has 0 radical (unpaired) electrons. The fraction of sp³-hybridized carbons (Fsp3) is 0.923. The molecule has 5 nitrogen and oxygen atoms in total. The number of unbranched alkanes of at least 4 members (excludes halogenated alkanes) is 9. The number of hydrogen-bond donors (Lipinski definition) is 0. The third kappa shape index (κ3) is 12.8. The van der Waals surface area contributed by atoms with Crippen molar-refractivity contribution >= 4 is 0 Å². The molecule has 0 amide bonds. The maximum Gasteiger partial charge on any atom is 0.279 e. The van der Waals surface area contributed by atoms with Gasteiger partial charge in [0.2, 0.25) is 0 Å². The van der Waals surface area contributed by atoms with Gasteiger partial charge in [-0.1, -0.05) is 64.7 Å². The van der Waals surface area contributed by atoms with Crippen LogP contribution in [0.1, 0.15) is 71.1 Å². The Bertz CT molecular complexity index is 249. The van der Waals surface area contributed by atoms with Crippen LogP contribution >= 0.6 is 0 Å². The molecule has 0 atom stereocenters. The Balaban J connectivity index is 3.08. The highest BCUT2D eigenvalue weighted by Gasteiger charge is 1.95. The Morgan fingerprint density at radius 2 is 1.50 bits per heavy atom. The molecule has 0 heterocycles. The first-order valence-corrected chi connectivity index (χ1v) is 7.01. The first kappa shape index (κ1) is 16.7. The van der Waals surface area contributed by atoms with Crippen LogP contribution in [0, 0.1) is 16.7 Å². The smallest absolute Gasteiger partial charge is 0.279 e. The molecule has 0 fully saturated rings. The Labute approximate surface area is 110 Å². The average Bonchev–Trinajstić information content (AvgIpc) is 2.36. The Hall–Kier alpha value is -1.31. The van der Waals surface area contributed by atoms with Crippen molar-refractivity contribution < 1.29 is 9.86 Å². The minimum absolute atomic E-state index is 0.0201. The van der Waals surface area contributed by atoms with Gasteiger partial charge in [0.15, 0.2) is 5.02 Å².